The Morgan fingerprint density at radius 2 is 2.30 bits per heavy atom. The van der Waals surface area contributed by atoms with Gasteiger partial charge in [-0.15, -0.1) is 0 Å². The van der Waals surface area contributed by atoms with Crippen molar-refractivity contribution < 1.29 is 4.79 Å². The first-order chi connectivity index (χ1) is 9.58. The van der Waals surface area contributed by atoms with Crippen LogP contribution in [0.2, 0.25) is 0 Å². The number of nitrogens with zero attached hydrogens (tertiary/aromatic N) is 2. The topological polar surface area (TPSA) is 71.2 Å². The first-order valence-corrected chi connectivity index (χ1v) is 7.25. The third kappa shape index (κ3) is 2.10. The molecule has 1 aliphatic rings. The smallest absolute Gasteiger partial charge is 0.242 e. The monoisotopic (exact) mass is 334 g/mol. The number of carbonyl (C=O) groups excluding carboxylic acids is 1. The fraction of sp³-hybridized carbons (Fsp3) is 0.286. The highest BCUT2D eigenvalue weighted by Gasteiger charge is 2.27. The van der Waals surface area contributed by atoms with Gasteiger partial charge in [0.2, 0.25) is 5.91 Å². The number of amides is 1. The summed E-state index contributed by atoms with van der Waals surface area (Å²) >= 11 is 3.41. The van der Waals surface area contributed by atoms with Crippen LogP contribution in [0.4, 0.5) is 11.4 Å². The molecule has 1 fully saturated rings. The Morgan fingerprint density at radius 3 is 3.10 bits per heavy atom. The van der Waals surface area contributed by atoms with E-state index < -0.39 is 0 Å². The van der Waals surface area contributed by atoms with E-state index in [4.69, 9.17) is 5.73 Å². The predicted molar refractivity (Wildman–Crippen MR) is 83.7 cm³/mol. The molecule has 104 valence electrons. The normalized spacial score (nSPS) is 19.2. The average molecular weight is 335 g/mol. The van der Waals surface area contributed by atoms with Gasteiger partial charge in [0.05, 0.1) is 11.2 Å². The summed E-state index contributed by atoms with van der Waals surface area (Å²) in [6, 6.07) is 5.55. The molecule has 1 amide bonds. The number of rotatable bonds is 1. The highest BCUT2D eigenvalue weighted by molar-refractivity contribution is 9.10. The second-order valence-electron chi connectivity index (χ2n) is 4.88. The molecule has 0 spiro atoms. The number of anilines is 2. The summed E-state index contributed by atoms with van der Waals surface area (Å²) < 4.78 is 0.887. The van der Waals surface area contributed by atoms with Crippen LogP contribution in [0.1, 0.15) is 6.92 Å². The summed E-state index contributed by atoms with van der Waals surface area (Å²) in [5.74, 6) is 0.0401. The molecule has 20 heavy (non-hydrogen) atoms. The quantitative estimate of drug-likeness (QED) is 0.781. The number of piperazine rings is 1. The van der Waals surface area contributed by atoms with Crippen LogP contribution in [-0.4, -0.2) is 30.0 Å². The summed E-state index contributed by atoms with van der Waals surface area (Å²) in [6.45, 7) is 3.31. The van der Waals surface area contributed by atoms with Crippen molar-refractivity contribution in [3.63, 3.8) is 0 Å². The molecular formula is C14H15BrN4O. The molecule has 2 aromatic rings. The molecule has 6 heteroatoms. The van der Waals surface area contributed by atoms with Crippen LogP contribution >= 0.6 is 15.9 Å². The van der Waals surface area contributed by atoms with E-state index in [1.54, 1.807) is 6.20 Å². The Hall–Kier alpha value is -1.82. The van der Waals surface area contributed by atoms with Crippen molar-refractivity contribution in [1.29, 1.82) is 0 Å². The summed E-state index contributed by atoms with van der Waals surface area (Å²) in [4.78, 5) is 18.4. The van der Waals surface area contributed by atoms with Gasteiger partial charge in [0.25, 0.3) is 0 Å². The third-order valence-corrected chi connectivity index (χ3v) is 4.07. The molecule has 1 aromatic carbocycles. The molecule has 2 heterocycles. The average Bonchev–Trinajstić information content (AvgIpc) is 2.43. The Bertz CT molecular complexity index is 688. The van der Waals surface area contributed by atoms with Gasteiger partial charge in [-0.3, -0.25) is 9.78 Å². The number of nitrogens with one attached hydrogen (secondary N) is 1. The van der Waals surface area contributed by atoms with Crippen LogP contribution in [-0.2, 0) is 4.79 Å². The van der Waals surface area contributed by atoms with Crippen LogP contribution in [0.15, 0.2) is 28.9 Å². The molecule has 1 saturated heterocycles. The van der Waals surface area contributed by atoms with Crippen molar-refractivity contribution in [3.8, 4) is 0 Å². The molecule has 1 aromatic heterocycles. The molecule has 3 rings (SSSR count). The number of hydrogen-bond acceptors (Lipinski definition) is 4. The molecule has 1 atom stereocenters. The van der Waals surface area contributed by atoms with Gasteiger partial charge in [-0.25, -0.2) is 0 Å². The van der Waals surface area contributed by atoms with Crippen molar-refractivity contribution in [2.75, 3.05) is 23.7 Å². The first-order valence-electron chi connectivity index (χ1n) is 6.46. The van der Waals surface area contributed by atoms with Crippen molar-refractivity contribution >= 4 is 44.1 Å². The lowest BCUT2D eigenvalue weighted by Crippen LogP contribution is -2.54. The van der Waals surface area contributed by atoms with E-state index in [9.17, 15) is 4.79 Å². The maximum atomic E-state index is 11.8. The van der Waals surface area contributed by atoms with Gasteiger partial charge in [-0.1, -0.05) is 0 Å². The number of pyridine rings is 1. The van der Waals surface area contributed by atoms with Gasteiger partial charge in [0.1, 0.15) is 6.04 Å². The van der Waals surface area contributed by atoms with Crippen molar-refractivity contribution in [2.45, 2.75) is 13.0 Å². The number of nitrogens with two attached hydrogens (primary N) is 1. The van der Waals surface area contributed by atoms with Gasteiger partial charge in [-0.2, -0.15) is 0 Å². The SMILES string of the molecule is CC1C(=O)NCCN1c1ccc(N)c2cc(Br)cnc12. The zero-order chi connectivity index (χ0) is 14.3. The predicted octanol–water partition coefficient (Wildman–Crippen LogP) is 1.90. The number of aromatic nitrogens is 1. The van der Waals surface area contributed by atoms with Crippen molar-refractivity contribution in [1.82, 2.24) is 10.3 Å². The third-order valence-electron chi connectivity index (χ3n) is 3.64. The van der Waals surface area contributed by atoms with Gasteiger partial charge < -0.3 is 16.0 Å². The number of hydrogen-bond donors (Lipinski definition) is 2. The molecule has 0 bridgehead atoms. The fourth-order valence-corrected chi connectivity index (χ4v) is 2.88. The Morgan fingerprint density at radius 1 is 1.50 bits per heavy atom. The molecular weight excluding hydrogens is 320 g/mol. The molecule has 5 nitrogen and oxygen atoms in total. The Kier molecular flexibility index (Phi) is 3.25. The summed E-state index contributed by atoms with van der Waals surface area (Å²) in [5.41, 5.74) is 8.49. The number of nitrogen functional groups attached to an aromatic ring is 1. The van der Waals surface area contributed by atoms with Crippen molar-refractivity contribution in [3.05, 3.63) is 28.9 Å². The maximum absolute atomic E-state index is 11.8. The van der Waals surface area contributed by atoms with Crippen molar-refractivity contribution in [2.24, 2.45) is 0 Å². The molecule has 0 radical (unpaired) electrons. The molecule has 0 aliphatic carbocycles. The minimum atomic E-state index is -0.207. The van der Waals surface area contributed by atoms with Crippen LogP contribution in [0.3, 0.4) is 0 Å². The zero-order valence-corrected chi connectivity index (χ0v) is 12.6. The Labute approximate surface area is 125 Å². The standard InChI is InChI=1S/C14H15BrN4O/c1-8-14(20)17-4-5-19(8)12-3-2-11(16)10-6-9(15)7-18-13(10)12/h2-3,6-8H,4-5,16H2,1H3,(H,17,20). The number of halogens is 1. The van der Waals surface area contributed by atoms with E-state index in [0.717, 1.165) is 27.6 Å². The van der Waals surface area contributed by atoms with E-state index in [1.807, 2.05) is 25.1 Å². The fourth-order valence-electron chi connectivity index (χ4n) is 2.54. The number of carbonyl (C=O) groups is 1. The number of benzene rings is 1. The van der Waals surface area contributed by atoms with Crippen LogP contribution in [0, 0.1) is 0 Å². The molecule has 0 saturated carbocycles. The minimum absolute atomic E-state index is 0.0401. The van der Waals surface area contributed by atoms with Gasteiger partial charge in [0.15, 0.2) is 0 Å². The highest BCUT2D eigenvalue weighted by atomic mass is 79.9. The van der Waals surface area contributed by atoms with E-state index in [0.29, 0.717) is 12.2 Å². The zero-order valence-electron chi connectivity index (χ0n) is 11.1. The Balaban J connectivity index is 2.16. The summed E-state index contributed by atoms with van der Waals surface area (Å²) in [5, 5.41) is 3.77. The largest absolute Gasteiger partial charge is 0.398 e. The van der Waals surface area contributed by atoms with Crippen LogP contribution < -0.4 is 16.0 Å². The van der Waals surface area contributed by atoms with Gasteiger partial charge in [-0.05, 0) is 41.1 Å². The summed E-state index contributed by atoms with van der Waals surface area (Å²) in [6.07, 6.45) is 1.75. The van der Waals surface area contributed by atoms with E-state index >= 15 is 0 Å². The summed E-state index contributed by atoms with van der Waals surface area (Å²) in [7, 11) is 0. The highest BCUT2D eigenvalue weighted by Crippen LogP contribution is 2.32. The lowest BCUT2D eigenvalue weighted by molar-refractivity contribution is -0.122. The van der Waals surface area contributed by atoms with E-state index in [-0.39, 0.29) is 11.9 Å². The van der Waals surface area contributed by atoms with Crippen LogP contribution in [0.25, 0.3) is 10.9 Å². The first kappa shape index (κ1) is 13.2. The van der Waals surface area contributed by atoms with E-state index in [2.05, 4.69) is 31.1 Å². The second-order valence-corrected chi connectivity index (χ2v) is 5.80. The van der Waals surface area contributed by atoms with Crippen LogP contribution in [0.5, 0.6) is 0 Å². The lowest BCUT2D eigenvalue weighted by Gasteiger charge is -2.35. The van der Waals surface area contributed by atoms with Gasteiger partial charge >= 0.3 is 0 Å². The second kappa shape index (κ2) is 4.94. The maximum Gasteiger partial charge on any atom is 0.242 e. The number of fused-ring (bicyclic) bond motifs is 1. The van der Waals surface area contributed by atoms with E-state index in [1.165, 1.54) is 0 Å². The minimum Gasteiger partial charge on any atom is -0.398 e. The molecule has 3 N–H and O–H groups in total. The van der Waals surface area contributed by atoms with Gasteiger partial charge in [0, 0.05) is 34.8 Å². The molecule has 1 aliphatic heterocycles. The molecule has 1 unspecified atom stereocenters. The lowest BCUT2D eigenvalue weighted by atomic mass is 10.1.